The van der Waals surface area contributed by atoms with Gasteiger partial charge in [0.2, 0.25) is 0 Å². The molecule has 5 heteroatoms. The zero-order valence-corrected chi connectivity index (χ0v) is 11.6. The molecule has 108 valence electrons. The van der Waals surface area contributed by atoms with Crippen molar-refractivity contribution >= 4 is 46.4 Å². The van der Waals surface area contributed by atoms with Crippen molar-refractivity contribution in [2.45, 2.75) is 7.43 Å². The van der Waals surface area contributed by atoms with Gasteiger partial charge in [0.1, 0.15) is 5.82 Å². The summed E-state index contributed by atoms with van der Waals surface area (Å²) in [5.41, 5.74) is 1.97. The lowest BCUT2D eigenvalue weighted by Gasteiger charge is -2.01. The minimum Gasteiger partial charge on any atom is -0.321 e. The highest BCUT2D eigenvalue weighted by Crippen LogP contribution is 2.35. The smallest absolute Gasteiger partial charge is 0.256 e. The van der Waals surface area contributed by atoms with Gasteiger partial charge in [-0.05, 0) is 24.3 Å². The van der Waals surface area contributed by atoms with Gasteiger partial charge < -0.3 is 5.32 Å². The minimum absolute atomic E-state index is 0. The molecule has 0 radical (unpaired) electrons. The number of carbonyl (C=O) groups excluding carboxylic acids is 1. The maximum Gasteiger partial charge on any atom is 0.256 e. The lowest BCUT2D eigenvalue weighted by atomic mass is 10.0. The second-order valence-electron chi connectivity index (χ2n) is 4.35. The zero-order valence-electron chi connectivity index (χ0n) is 10.1. The van der Waals surface area contributed by atoms with Crippen LogP contribution in [0.2, 0.25) is 10.0 Å². The summed E-state index contributed by atoms with van der Waals surface area (Å²) in [7, 11) is 0. The van der Waals surface area contributed by atoms with Crippen molar-refractivity contribution in [3.63, 3.8) is 0 Å². The van der Waals surface area contributed by atoms with Gasteiger partial charge in [0.05, 0.1) is 10.7 Å². The van der Waals surface area contributed by atoms with Gasteiger partial charge in [0.15, 0.2) is 0 Å². The molecule has 2 nitrogen and oxygen atoms in total. The molecule has 21 heavy (non-hydrogen) atoms. The molecule has 2 aromatic carbocycles. The summed E-state index contributed by atoms with van der Waals surface area (Å²) in [6, 6.07) is 9.72. The van der Waals surface area contributed by atoms with Crippen molar-refractivity contribution in [3.8, 4) is 0 Å². The number of rotatable bonds is 1. The van der Waals surface area contributed by atoms with Crippen molar-refractivity contribution in [1.82, 2.24) is 0 Å². The van der Waals surface area contributed by atoms with E-state index in [0.29, 0.717) is 21.8 Å². The summed E-state index contributed by atoms with van der Waals surface area (Å²) in [6.45, 7) is 0. The molecule has 0 saturated carbocycles. The largest absolute Gasteiger partial charge is 0.321 e. The Morgan fingerprint density at radius 1 is 1.14 bits per heavy atom. The summed E-state index contributed by atoms with van der Waals surface area (Å²) >= 11 is 11.6. The van der Waals surface area contributed by atoms with Crippen molar-refractivity contribution in [3.05, 3.63) is 63.4 Å². The van der Waals surface area contributed by atoms with E-state index in [1.165, 1.54) is 12.1 Å². The molecule has 0 bridgehead atoms. The lowest BCUT2D eigenvalue weighted by molar-refractivity contribution is -0.110. The van der Waals surface area contributed by atoms with Crippen LogP contribution in [0.25, 0.3) is 11.6 Å². The number of fused-ring (bicyclic) bond motifs is 1. The van der Waals surface area contributed by atoms with Gasteiger partial charge in [-0.25, -0.2) is 4.39 Å². The van der Waals surface area contributed by atoms with Crippen molar-refractivity contribution in [1.29, 1.82) is 0 Å². The van der Waals surface area contributed by atoms with E-state index in [9.17, 15) is 9.18 Å². The van der Waals surface area contributed by atoms with E-state index in [0.717, 1.165) is 0 Å². The van der Waals surface area contributed by atoms with Crippen LogP contribution in [-0.4, -0.2) is 5.91 Å². The van der Waals surface area contributed by atoms with E-state index in [1.54, 1.807) is 30.3 Å². The molecule has 0 unspecified atom stereocenters. The van der Waals surface area contributed by atoms with Crippen LogP contribution in [0.4, 0.5) is 10.1 Å². The van der Waals surface area contributed by atoms with E-state index < -0.39 is 5.82 Å². The first-order valence-corrected chi connectivity index (χ1v) is 6.59. The molecular formula is C16H12Cl2FNO. The third-order valence-electron chi connectivity index (χ3n) is 3.05. The fourth-order valence-corrected chi connectivity index (χ4v) is 2.45. The molecule has 0 atom stereocenters. The summed E-state index contributed by atoms with van der Waals surface area (Å²) in [5, 5.41) is 3.24. The Kier molecular flexibility index (Phi) is 4.35. The lowest BCUT2D eigenvalue weighted by Crippen LogP contribution is -2.03. The highest BCUT2D eigenvalue weighted by Gasteiger charge is 2.24. The SMILES string of the molecule is C.O=C1Nc2cc(Cl)ccc2C1=Cc1cccc(Cl)c1F. The highest BCUT2D eigenvalue weighted by molar-refractivity contribution is 6.36. The van der Waals surface area contributed by atoms with Gasteiger partial charge in [-0.1, -0.05) is 48.8 Å². The molecule has 1 N–H and O–H groups in total. The molecular weight excluding hydrogens is 312 g/mol. The maximum absolute atomic E-state index is 13.9. The molecule has 0 fully saturated rings. The molecule has 0 spiro atoms. The Morgan fingerprint density at radius 3 is 2.67 bits per heavy atom. The Labute approximate surface area is 132 Å². The first kappa shape index (κ1) is 15.5. The quantitative estimate of drug-likeness (QED) is 0.712. The van der Waals surface area contributed by atoms with Crippen LogP contribution in [0.3, 0.4) is 0 Å². The standard InChI is InChI=1S/C15H8Cl2FNO.CH4/c16-9-4-5-10-11(15(20)19-13(10)7-9)6-8-2-1-3-12(17)14(8)18;/h1-7H,(H,19,20);1H4. The second-order valence-corrected chi connectivity index (χ2v) is 5.19. The summed E-state index contributed by atoms with van der Waals surface area (Å²) in [6.07, 6.45) is 1.48. The summed E-state index contributed by atoms with van der Waals surface area (Å²) in [4.78, 5) is 12.0. The molecule has 3 rings (SSSR count). The van der Waals surface area contributed by atoms with Crippen molar-refractivity contribution < 1.29 is 9.18 Å². The van der Waals surface area contributed by atoms with Crippen LogP contribution in [0.1, 0.15) is 18.6 Å². The minimum atomic E-state index is -0.545. The number of anilines is 1. The van der Waals surface area contributed by atoms with Crippen LogP contribution < -0.4 is 5.32 Å². The Morgan fingerprint density at radius 2 is 1.90 bits per heavy atom. The van der Waals surface area contributed by atoms with E-state index >= 15 is 0 Å². The first-order valence-electron chi connectivity index (χ1n) is 5.83. The van der Waals surface area contributed by atoms with E-state index in [4.69, 9.17) is 23.2 Å². The number of nitrogens with one attached hydrogen (secondary N) is 1. The topological polar surface area (TPSA) is 29.1 Å². The van der Waals surface area contributed by atoms with Gasteiger partial charge >= 0.3 is 0 Å². The average molecular weight is 324 g/mol. The van der Waals surface area contributed by atoms with Crippen LogP contribution >= 0.6 is 23.2 Å². The van der Waals surface area contributed by atoms with Gasteiger partial charge in [-0.3, -0.25) is 4.79 Å². The second kappa shape index (κ2) is 5.88. The fourth-order valence-electron chi connectivity index (χ4n) is 2.10. The normalized spacial score (nSPS) is 14.6. The molecule has 0 aromatic heterocycles. The van der Waals surface area contributed by atoms with Crippen LogP contribution in [0, 0.1) is 5.82 Å². The number of amides is 1. The Hall–Kier alpha value is -1.84. The third kappa shape index (κ3) is 2.80. The van der Waals surface area contributed by atoms with Gasteiger partial charge in [0.25, 0.3) is 5.91 Å². The summed E-state index contributed by atoms with van der Waals surface area (Å²) in [5.74, 6) is -0.835. The number of benzene rings is 2. The highest BCUT2D eigenvalue weighted by atomic mass is 35.5. The number of halogens is 3. The average Bonchev–Trinajstić information content (AvgIpc) is 2.70. The van der Waals surface area contributed by atoms with E-state index in [-0.39, 0.29) is 23.9 Å². The van der Waals surface area contributed by atoms with Gasteiger partial charge in [-0.15, -0.1) is 0 Å². The molecule has 1 heterocycles. The zero-order chi connectivity index (χ0) is 14.3. The van der Waals surface area contributed by atoms with Crippen LogP contribution in [0.15, 0.2) is 36.4 Å². The monoisotopic (exact) mass is 323 g/mol. The van der Waals surface area contributed by atoms with Gasteiger partial charge in [0, 0.05) is 21.7 Å². The Balaban J connectivity index is 0.00000161. The molecule has 1 amide bonds. The fraction of sp³-hybridized carbons (Fsp3) is 0.0625. The molecule has 1 aliphatic heterocycles. The number of hydrogen-bond acceptors (Lipinski definition) is 1. The van der Waals surface area contributed by atoms with Gasteiger partial charge in [-0.2, -0.15) is 0 Å². The van der Waals surface area contributed by atoms with E-state index in [2.05, 4.69) is 5.32 Å². The molecule has 0 saturated heterocycles. The van der Waals surface area contributed by atoms with E-state index in [1.807, 2.05) is 0 Å². The molecule has 2 aromatic rings. The maximum atomic E-state index is 13.9. The van der Waals surface area contributed by atoms with Crippen molar-refractivity contribution in [2.75, 3.05) is 5.32 Å². The van der Waals surface area contributed by atoms with Crippen LogP contribution in [-0.2, 0) is 4.79 Å². The van der Waals surface area contributed by atoms with Crippen LogP contribution in [0.5, 0.6) is 0 Å². The van der Waals surface area contributed by atoms with Crippen molar-refractivity contribution in [2.24, 2.45) is 0 Å². The predicted molar refractivity (Wildman–Crippen MR) is 86.1 cm³/mol. The summed E-state index contributed by atoms with van der Waals surface area (Å²) < 4.78 is 13.9. The Bertz CT molecular complexity index is 756. The predicted octanol–water partition coefficient (Wildman–Crippen LogP) is 5.26. The number of hydrogen-bond donors (Lipinski definition) is 1. The number of carbonyl (C=O) groups is 1. The first-order chi connectivity index (χ1) is 9.56. The molecule has 1 aliphatic rings. The molecule has 0 aliphatic carbocycles. The third-order valence-corrected chi connectivity index (χ3v) is 3.57.